The van der Waals surface area contributed by atoms with Crippen molar-refractivity contribution >= 4 is 22.9 Å². The Kier molecular flexibility index (Phi) is 6.41. The number of anilines is 2. The molecule has 0 aliphatic carbocycles. The molecule has 0 atom stereocenters. The van der Waals surface area contributed by atoms with Crippen LogP contribution in [0.3, 0.4) is 0 Å². The van der Waals surface area contributed by atoms with Crippen LogP contribution in [-0.2, 0) is 0 Å². The van der Waals surface area contributed by atoms with Crippen LogP contribution in [0, 0.1) is 11.6 Å². The number of halogens is 2. The van der Waals surface area contributed by atoms with Gasteiger partial charge in [-0.3, -0.25) is 4.79 Å². The summed E-state index contributed by atoms with van der Waals surface area (Å²) in [6, 6.07) is 9.04. The van der Waals surface area contributed by atoms with Crippen molar-refractivity contribution in [1.82, 2.24) is 5.32 Å². The van der Waals surface area contributed by atoms with Gasteiger partial charge in [0, 0.05) is 43.0 Å². The molecular formula is C22H25F2N3O. The maximum Gasteiger partial charge on any atom is 0.255 e. The van der Waals surface area contributed by atoms with E-state index in [1.807, 2.05) is 24.8 Å². The van der Waals surface area contributed by atoms with E-state index in [9.17, 15) is 13.6 Å². The zero-order valence-electron chi connectivity index (χ0n) is 16.2. The van der Waals surface area contributed by atoms with Gasteiger partial charge in [-0.25, -0.2) is 8.78 Å². The molecule has 2 aromatic rings. The average molecular weight is 385 g/mol. The standard InChI is InChI=1S/C22H25F2N3O/c1-3-15(4-2)18-7-6-17(14-19(18)23)26-22(28)16-5-8-21(20(24)13-16)27-11-9-25-10-12-27/h3,5-8,13-14,25H,4,9-12H2,1-2H3,(H,26,28)/b15-3+. The largest absolute Gasteiger partial charge is 0.367 e. The summed E-state index contributed by atoms with van der Waals surface area (Å²) in [5.74, 6) is -1.30. The van der Waals surface area contributed by atoms with E-state index in [1.54, 1.807) is 24.3 Å². The Bertz CT molecular complexity index is 889. The zero-order chi connectivity index (χ0) is 20.1. The molecule has 2 aromatic carbocycles. The second-order valence-corrected chi connectivity index (χ2v) is 6.72. The highest BCUT2D eigenvalue weighted by atomic mass is 19.1. The van der Waals surface area contributed by atoms with Crippen LogP contribution < -0.4 is 15.5 Å². The fourth-order valence-corrected chi connectivity index (χ4v) is 3.42. The van der Waals surface area contributed by atoms with Crippen LogP contribution in [0.4, 0.5) is 20.2 Å². The van der Waals surface area contributed by atoms with Crippen LogP contribution in [0.25, 0.3) is 5.57 Å². The topological polar surface area (TPSA) is 44.4 Å². The predicted octanol–water partition coefficient (Wildman–Crippen LogP) is 4.44. The first-order valence-corrected chi connectivity index (χ1v) is 9.55. The molecular weight excluding hydrogens is 360 g/mol. The van der Waals surface area contributed by atoms with Crippen LogP contribution in [-0.4, -0.2) is 32.1 Å². The monoisotopic (exact) mass is 385 g/mol. The predicted molar refractivity (Wildman–Crippen MR) is 110 cm³/mol. The summed E-state index contributed by atoms with van der Waals surface area (Å²) in [5.41, 5.74) is 2.45. The lowest BCUT2D eigenvalue weighted by Crippen LogP contribution is -2.43. The van der Waals surface area contributed by atoms with Gasteiger partial charge >= 0.3 is 0 Å². The first-order chi connectivity index (χ1) is 13.5. The number of hydrogen-bond acceptors (Lipinski definition) is 3. The van der Waals surface area contributed by atoms with Crippen molar-refractivity contribution in [2.75, 3.05) is 36.4 Å². The van der Waals surface area contributed by atoms with Crippen molar-refractivity contribution in [2.45, 2.75) is 20.3 Å². The molecule has 28 heavy (non-hydrogen) atoms. The van der Waals surface area contributed by atoms with E-state index in [0.717, 1.165) is 38.2 Å². The van der Waals surface area contributed by atoms with Gasteiger partial charge in [-0.05, 0) is 55.3 Å². The number of piperazine rings is 1. The number of allylic oxidation sites excluding steroid dienone is 2. The van der Waals surface area contributed by atoms with Crippen LogP contribution in [0.5, 0.6) is 0 Å². The van der Waals surface area contributed by atoms with Gasteiger partial charge in [0.2, 0.25) is 0 Å². The van der Waals surface area contributed by atoms with Crippen LogP contribution in [0.15, 0.2) is 42.5 Å². The zero-order valence-corrected chi connectivity index (χ0v) is 16.2. The lowest BCUT2D eigenvalue weighted by Gasteiger charge is -2.29. The first-order valence-electron chi connectivity index (χ1n) is 9.55. The smallest absolute Gasteiger partial charge is 0.255 e. The molecule has 1 heterocycles. The van der Waals surface area contributed by atoms with E-state index in [1.165, 1.54) is 12.1 Å². The Hall–Kier alpha value is -2.73. The van der Waals surface area contributed by atoms with Gasteiger partial charge in [0.15, 0.2) is 0 Å². The van der Waals surface area contributed by atoms with Crippen LogP contribution in [0.1, 0.15) is 36.2 Å². The summed E-state index contributed by atoms with van der Waals surface area (Å²) in [6.07, 6.45) is 2.59. The molecule has 3 rings (SSSR count). The highest BCUT2D eigenvalue weighted by Gasteiger charge is 2.17. The summed E-state index contributed by atoms with van der Waals surface area (Å²) in [4.78, 5) is 14.4. The van der Waals surface area contributed by atoms with E-state index >= 15 is 0 Å². The van der Waals surface area contributed by atoms with Crippen LogP contribution >= 0.6 is 0 Å². The Morgan fingerprint density at radius 3 is 2.50 bits per heavy atom. The van der Waals surface area contributed by atoms with Crippen molar-refractivity contribution < 1.29 is 13.6 Å². The highest BCUT2D eigenvalue weighted by molar-refractivity contribution is 6.04. The maximum atomic E-state index is 14.5. The maximum absolute atomic E-state index is 14.5. The van der Waals surface area contributed by atoms with Crippen LogP contribution in [0.2, 0.25) is 0 Å². The highest BCUT2D eigenvalue weighted by Crippen LogP contribution is 2.25. The third-order valence-corrected chi connectivity index (χ3v) is 4.97. The second kappa shape index (κ2) is 8.97. The van der Waals surface area contributed by atoms with Gasteiger partial charge in [-0.15, -0.1) is 0 Å². The summed E-state index contributed by atoms with van der Waals surface area (Å²) in [5, 5.41) is 5.86. The number of benzene rings is 2. The number of amides is 1. The van der Waals surface area contributed by atoms with E-state index in [0.29, 0.717) is 16.9 Å². The van der Waals surface area contributed by atoms with E-state index in [2.05, 4.69) is 10.6 Å². The number of rotatable bonds is 5. The van der Waals surface area contributed by atoms with E-state index in [4.69, 9.17) is 0 Å². The van der Waals surface area contributed by atoms with Crippen molar-refractivity contribution in [1.29, 1.82) is 0 Å². The third-order valence-electron chi connectivity index (χ3n) is 4.97. The second-order valence-electron chi connectivity index (χ2n) is 6.72. The molecule has 2 N–H and O–H groups in total. The summed E-state index contributed by atoms with van der Waals surface area (Å²) in [6.45, 7) is 6.88. The minimum absolute atomic E-state index is 0.198. The average Bonchev–Trinajstić information content (AvgIpc) is 2.71. The molecule has 1 aliphatic heterocycles. The number of nitrogens with zero attached hydrogens (tertiary/aromatic N) is 1. The van der Waals surface area contributed by atoms with Gasteiger partial charge < -0.3 is 15.5 Å². The van der Waals surface area contributed by atoms with Crippen molar-refractivity contribution in [2.24, 2.45) is 0 Å². The number of carbonyl (C=O) groups is 1. The molecule has 0 radical (unpaired) electrons. The van der Waals surface area contributed by atoms with Gasteiger partial charge in [-0.2, -0.15) is 0 Å². The first kappa shape index (κ1) is 20.0. The number of nitrogens with one attached hydrogen (secondary N) is 2. The Morgan fingerprint density at radius 1 is 1.14 bits per heavy atom. The van der Waals surface area contributed by atoms with Gasteiger partial charge in [-0.1, -0.05) is 13.0 Å². The fourth-order valence-electron chi connectivity index (χ4n) is 3.42. The SMILES string of the molecule is C/C=C(\CC)c1ccc(NC(=O)c2ccc(N3CCNCC3)c(F)c2)cc1F. The molecule has 1 amide bonds. The summed E-state index contributed by atoms with van der Waals surface area (Å²) >= 11 is 0. The Balaban J connectivity index is 1.74. The normalized spacial score (nSPS) is 14.9. The van der Waals surface area contributed by atoms with Gasteiger partial charge in [0.1, 0.15) is 11.6 Å². The lowest BCUT2D eigenvalue weighted by molar-refractivity contribution is 0.102. The lowest BCUT2D eigenvalue weighted by atomic mass is 10.0. The van der Waals surface area contributed by atoms with Crippen molar-refractivity contribution in [3.8, 4) is 0 Å². The molecule has 1 saturated heterocycles. The quantitative estimate of drug-likeness (QED) is 0.800. The molecule has 0 unspecified atom stereocenters. The molecule has 4 nitrogen and oxygen atoms in total. The molecule has 0 aromatic heterocycles. The minimum atomic E-state index is -0.473. The number of carbonyl (C=O) groups excluding carboxylic acids is 1. The molecule has 0 saturated carbocycles. The van der Waals surface area contributed by atoms with Gasteiger partial charge in [0.25, 0.3) is 5.91 Å². The van der Waals surface area contributed by atoms with E-state index < -0.39 is 17.5 Å². The van der Waals surface area contributed by atoms with E-state index in [-0.39, 0.29) is 5.56 Å². The molecule has 0 spiro atoms. The Morgan fingerprint density at radius 2 is 1.89 bits per heavy atom. The fraction of sp³-hybridized carbons (Fsp3) is 0.318. The summed E-state index contributed by atoms with van der Waals surface area (Å²) < 4.78 is 28.9. The molecule has 0 bridgehead atoms. The molecule has 6 heteroatoms. The minimum Gasteiger partial charge on any atom is -0.367 e. The molecule has 1 fully saturated rings. The van der Waals surface area contributed by atoms with Crippen molar-refractivity contribution in [3.63, 3.8) is 0 Å². The molecule has 148 valence electrons. The third kappa shape index (κ3) is 4.39. The molecule has 1 aliphatic rings. The number of hydrogen-bond donors (Lipinski definition) is 2. The Labute approximate surface area is 164 Å². The summed E-state index contributed by atoms with van der Waals surface area (Å²) in [7, 11) is 0. The van der Waals surface area contributed by atoms with Gasteiger partial charge in [0.05, 0.1) is 5.69 Å². The van der Waals surface area contributed by atoms with Crippen molar-refractivity contribution in [3.05, 3.63) is 65.2 Å².